The van der Waals surface area contributed by atoms with Gasteiger partial charge < -0.3 is 4.74 Å². The fourth-order valence-electron chi connectivity index (χ4n) is 0.738. The topological polar surface area (TPSA) is 55.4 Å². The molecule has 68 valence electrons. The molecule has 0 fully saturated rings. The summed E-state index contributed by atoms with van der Waals surface area (Å²) in [7, 11) is 0. The molecule has 5 heteroatoms. The third-order valence-corrected chi connectivity index (χ3v) is 1.27. The van der Waals surface area contributed by atoms with Crippen LogP contribution in [0, 0.1) is 0 Å². The van der Waals surface area contributed by atoms with Gasteiger partial charge in [-0.05, 0) is 12.1 Å². The zero-order chi connectivity index (χ0) is 9.68. The predicted octanol–water partition coefficient (Wildman–Crippen LogP) is 2.59. The molecule has 1 rings (SSSR count). The van der Waals surface area contributed by atoms with Gasteiger partial charge in [0.2, 0.25) is 0 Å². The Labute approximate surface area is 79.5 Å². The van der Waals surface area contributed by atoms with E-state index in [9.17, 15) is 9.59 Å². The van der Waals surface area contributed by atoms with Crippen molar-refractivity contribution in [3.63, 3.8) is 0 Å². The number of benzene rings is 1. The van der Waals surface area contributed by atoms with Crippen molar-refractivity contribution in [2.24, 2.45) is 0 Å². The van der Waals surface area contributed by atoms with Crippen LogP contribution < -0.4 is 5.32 Å². The Hall–Kier alpha value is -1.55. The van der Waals surface area contributed by atoms with Gasteiger partial charge in [-0.3, -0.25) is 5.32 Å². The number of nitrogens with one attached hydrogen (secondary N) is 1. The number of amides is 1. The molecule has 0 unspecified atom stereocenters. The molecule has 0 aliphatic rings. The summed E-state index contributed by atoms with van der Waals surface area (Å²) in [5.74, 6) is 0. The monoisotopic (exact) mass is 199 g/mol. The SMILES string of the molecule is O=C(Cl)OC(=O)Nc1ccccc1. The highest BCUT2D eigenvalue weighted by Gasteiger charge is 2.06. The Morgan fingerprint density at radius 3 is 2.38 bits per heavy atom. The molecule has 1 aromatic rings. The van der Waals surface area contributed by atoms with Gasteiger partial charge in [-0.15, -0.1) is 0 Å². The summed E-state index contributed by atoms with van der Waals surface area (Å²) in [4.78, 5) is 20.9. The third-order valence-electron chi connectivity index (χ3n) is 1.19. The predicted molar refractivity (Wildman–Crippen MR) is 47.8 cm³/mol. The van der Waals surface area contributed by atoms with Crippen LogP contribution in [0.15, 0.2) is 30.3 Å². The van der Waals surface area contributed by atoms with Gasteiger partial charge >= 0.3 is 11.5 Å². The number of ether oxygens (including phenoxy) is 1. The molecule has 0 aromatic heterocycles. The second-order valence-electron chi connectivity index (χ2n) is 2.12. The molecule has 1 aromatic carbocycles. The average molecular weight is 200 g/mol. The Kier molecular flexibility index (Phi) is 3.28. The van der Waals surface area contributed by atoms with E-state index in [0.29, 0.717) is 5.69 Å². The van der Waals surface area contributed by atoms with Crippen LogP contribution in [0.3, 0.4) is 0 Å². The van der Waals surface area contributed by atoms with Gasteiger partial charge in [0, 0.05) is 17.3 Å². The van der Waals surface area contributed by atoms with Crippen LogP contribution in [0.4, 0.5) is 15.3 Å². The lowest BCUT2D eigenvalue weighted by Gasteiger charge is -2.01. The summed E-state index contributed by atoms with van der Waals surface area (Å²) in [5, 5.41) is 2.31. The highest BCUT2D eigenvalue weighted by molar-refractivity contribution is 6.61. The van der Waals surface area contributed by atoms with Crippen LogP contribution >= 0.6 is 11.6 Å². The number of halogens is 1. The van der Waals surface area contributed by atoms with Crippen LogP contribution in [0.2, 0.25) is 0 Å². The van der Waals surface area contributed by atoms with Crippen LogP contribution in [-0.2, 0) is 4.74 Å². The summed E-state index contributed by atoms with van der Waals surface area (Å²) in [6.45, 7) is 0. The molecule has 1 amide bonds. The third kappa shape index (κ3) is 3.57. The number of para-hydroxylation sites is 1. The average Bonchev–Trinajstić information content (AvgIpc) is 2.04. The van der Waals surface area contributed by atoms with Gasteiger partial charge in [0.15, 0.2) is 0 Å². The smallest absolute Gasteiger partial charge is 0.364 e. The first kappa shape index (κ1) is 9.54. The lowest BCUT2D eigenvalue weighted by atomic mass is 10.3. The molecule has 13 heavy (non-hydrogen) atoms. The maximum Gasteiger partial charge on any atom is 0.420 e. The van der Waals surface area contributed by atoms with E-state index in [4.69, 9.17) is 11.6 Å². The lowest BCUT2D eigenvalue weighted by molar-refractivity contribution is 0.177. The number of carbonyl (C=O) groups is 2. The Morgan fingerprint density at radius 1 is 1.23 bits per heavy atom. The van der Waals surface area contributed by atoms with E-state index in [0.717, 1.165) is 0 Å². The van der Waals surface area contributed by atoms with Crippen molar-refractivity contribution in [2.45, 2.75) is 0 Å². The molecule has 0 atom stereocenters. The summed E-state index contributed by atoms with van der Waals surface area (Å²) < 4.78 is 4.03. The van der Waals surface area contributed by atoms with E-state index in [1.165, 1.54) is 0 Å². The fourth-order valence-corrected chi connectivity index (χ4v) is 0.808. The first-order chi connectivity index (χ1) is 6.18. The summed E-state index contributed by atoms with van der Waals surface area (Å²) in [6.07, 6.45) is -0.897. The van der Waals surface area contributed by atoms with Gasteiger partial charge in [-0.1, -0.05) is 18.2 Å². The van der Waals surface area contributed by atoms with Crippen LogP contribution in [0.1, 0.15) is 0 Å². The maximum atomic E-state index is 10.8. The lowest BCUT2D eigenvalue weighted by Crippen LogP contribution is -2.14. The van der Waals surface area contributed by atoms with E-state index < -0.39 is 11.5 Å². The summed E-state index contributed by atoms with van der Waals surface area (Å²) in [5.41, 5.74) is -0.626. The maximum absolute atomic E-state index is 10.8. The molecule has 0 heterocycles. The van der Waals surface area contributed by atoms with Crippen molar-refractivity contribution >= 4 is 28.8 Å². The van der Waals surface area contributed by atoms with E-state index in [1.807, 2.05) is 0 Å². The molecule has 1 N–H and O–H groups in total. The fraction of sp³-hybridized carbons (Fsp3) is 0. The number of hydrogen-bond acceptors (Lipinski definition) is 3. The molecule has 0 radical (unpaired) electrons. The largest absolute Gasteiger partial charge is 0.420 e. The number of anilines is 1. The molecule has 0 bridgehead atoms. The highest BCUT2D eigenvalue weighted by Crippen LogP contribution is 2.05. The van der Waals surface area contributed by atoms with Crippen LogP contribution in [0.25, 0.3) is 0 Å². The minimum absolute atomic E-state index is 0.533. The molecule has 0 saturated heterocycles. The Morgan fingerprint density at radius 2 is 1.85 bits per heavy atom. The zero-order valence-electron chi connectivity index (χ0n) is 6.49. The number of rotatable bonds is 1. The van der Waals surface area contributed by atoms with E-state index in [2.05, 4.69) is 10.1 Å². The van der Waals surface area contributed by atoms with Crippen molar-refractivity contribution in [1.82, 2.24) is 0 Å². The number of carbonyl (C=O) groups excluding carboxylic acids is 2. The van der Waals surface area contributed by atoms with Crippen molar-refractivity contribution in [3.05, 3.63) is 30.3 Å². The minimum atomic E-state index is -1.16. The van der Waals surface area contributed by atoms with Crippen LogP contribution in [-0.4, -0.2) is 11.5 Å². The normalized spacial score (nSPS) is 9.00. The van der Waals surface area contributed by atoms with E-state index in [-0.39, 0.29) is 0 Å². The number of hydrogen-bond donors (Lipinski definition) is 1. The van der Waals surface area contributed by atoms with E-state index in [1.54, 1.807) is 30.3 Å². The van der Waals surface area contributed by atoms with Gasteiger partial charge in [0.1, 0.15) is 0 Å². The van der Waals surface area contributed by atoms with Crippen molar-refractivity contribution in [3.8, 4) is 0 Å². The van der Waals surface area contributed by atoms with Crippen LogP contribution in [0.5, 0.6) is 0 Å². The van der Waals surface area contributed by atoms with Gasteiger partial charge in [0.25, 0.3) is 0 Å². The second kappa shape index (κ2) is 4.47. The quantitative estimate of drug-likeness (QED) is 0.559. The van der Waals surface area contributed by atoms with E-state index >= 15 is 0 Å². The van der Waals surface area contributed by atoms with Crippen molar-refractivity contribution < 1.29 is 14.3 Å². The molecular weight excluding hydrogens is 194 g/mol. The molecule has 0 aliphatic carbocycles. The van der Waals surface area contributed by atoms with Gasteiger partial charge in [0.05, 0.1) is 0 Å². The zero-order valence-corrected chi connectivity index (χ0v) is 7.25. The molecule has 0 saturated carbocycles. The summed E-state index contributed by atoms with van der Waals surface area (Å²) >= 11 is 4.82. The first-order valence-electron chi connectivity index (χ1n) is 3.42. The molecule has 0 aliphatic heterocycles. The minimum Gasteiger partial charge on any atom is -0.364 e. The van der Waals surface area contributed by atoms with Crippen molar-refractivity contribution in [1.29, 1.82) is 0 Å². The standard InChI is InChI=1S/C8H6ClNO3/c9-7(11)13-8(12)10-6-4-2-1-3-5-6/h1-5H,(H,10,12). The van der Waals surface area contributed by atoms with Gasteiger partial charge in [-0.25, -0.2) is 9.59 Å². The Bertz CT molecular complexity index is 312. The molecule has 4 nitrogen and oxygen atoms in total. The second-order valence-corrected chi connectivity index (χ2v) is 2.43. The Balaban J connectivity index is 2.50. The highest BCUT2D eigenvalue weighted by atomic mass is 35.5. The van der Waals surface area contributed by atoms with Gasteiger partial charge in [-0.2, -0.15) is 0 Å². The molecule has 0 spiro atoms. The van der Waals surface area contributed by atoms with Crippen molar-refractivity contribution in [2.75, 3.05) is 5.32 Å². The first-order valence-corrected chi connectivity index (χ1v) is 3.79. The summed E-state index contributed by atoms with van der Waals surface area (Å²) in [6, 6.07) is 8.57. The molecular formula is C8H6ClNO3.